The third-order valence-electron chi connectivity index (χ3n) is 10.6. The molecule has 0 aliphatic carbocycles. The lowest BCUT2D eigenvalue weighted by Gasteiger charge is -2.33. The van der Waals surface area contributed by atoms with Crippen LogP contribution in [0.3, 0.4) is 0 Å². The molecule has 13 heteroatoms. The van der Waals surface area contributed by atoms with Crippen LogP contribution in [0.5, 0.6) is 0 Å². The number of rotatable bonds is 27. The summed E-state index contributed by atoms with van der Waals surface area (Å²) >= 11 is 3.09. The quantitative estimate of drug-likeness (QED) is 0.0351. The Morgan fingerprint density at radius 3 is 1.94 bits per heavy atom. The Kier molecular flexibility index (Phi) is 21.8. The Labute approximate surface area is 396 Å². The van der Waals surface area contributed by atoms with Gasteiger partial charge < -0.3 is 20.9 Å². The van der Waals surface area contributed by atoms with Gasteiger partial charge in [-0.2, -0.15) is 11.8 Å². The standard InChI is InChI=1S/C52H63N5O5S3/c1-56(2)33-34-63-39-51(60)55-48(25-12-13-26-49(58)54-45-23-15-21-43(35-45)41-17-7-4-8-18-41)57(46-24-16-22-44(36-46)42-19-9-5-10-20-42)52(61)27-11-6-14-32-53-50(59)38-64-37-40-28-30-47(31-29-40)65(3)62/h4-5,7-10,15-24,28-31,35-36,48H,6,11-14,25-27,32-34,37-39H2,1-3H3,(H,53,59)(H,54,58)(H,55,60)/t48-,65?/m0/s1. The maximum absolute atomic E-state index is 14.5. The van der Waals surface area contributed by atoms with Gasteiger partial charge in [0.2, 0.25) is 23.6 Å². The van der Waals surface area contributed by atoms with Crippen LogP contribution in [0.15, 0.2) is 138 Å². The topological polar surface area (TPSA) is 128 Å². The van der Waals surface area contributed by atoms with E-state index in [4.69, 9.17) is 0 Å². The Hall–Kier alpha value is -5.21. The second kappa shape index (κ2) is 28.0. The number of amides is 4. The van der Waals surface area contributed by atoms with E-state index in [1.54, 1.807) is 22.9 Å². The van der Waals surface area contributed by atoms with Crippen LogP contribution in [0.25, 0.3) is 22.3 Å². The second-order valence-electron chi connectivity index (χ2n) is 16.1. The Morgan fingerprint density at radius 1 is 0.631 bits per heavy atom. The third-order valence-corrected chi connectivity index (χ3v) is 13.5. The van der Waals surface area contributed by atoms with Gasteiger partial charge in [-0.05, 0) is 110 Å². The van der Waals surface area contributed by atoms with Crippen LogP contribution in [-0.4, -0.2) is 89.6 Å². The number of nitrogens with zero attached hydrogens (tertiary/aromatic N) is 2. The first-order valence-electron chi connectivity index (χ1n) is 22.3. The van der Waals surface area contributed by atoms with Crippen molar-refractivity contribution >= 4 is 69.3 Å². The molecule has 0 spiro atoms. The van der Waals surface area contributed by atoms with Gasteiger partial charge in [-0.25, -0.2) is 0 Å². The number of thioether (sulfide) groups is 2. The lowest BCUT2D eigenvalue weighted by atomic mass is 10.0. The summed E-state index contributed by atoms with van der Waals surface area (Å²) in [5, 5.41) is 9.27. The average Bonchev–Trinajstić information content (AvgIpc) is 3.31. The van der Waals surface area contributed by atoms with Crippen molar-refractivity contribution in [1.29, 1.82) is 0 Å². The highest BCUT2D eigenvalue weighted by Gasteiger charge is 2.27. The van der Waals surface area contributed by atoms with Crippen LogP contribution < -0.4 is 20.9 Å². The van der Waals surface area contributed by atoms with Crippen molar-refractivity contribution in [1.82, 2.24) is 15.5 Å². The first-order valence-corrected chi connectivity index (χ1v) is 26.1. The summed E-state index contributed by atoms with van der Waals surface area (Å²) in [4.78, 5) is 58.4. The van der Waals surface area contributed by atoms with Gasteiger partial charge in [-0.1, -0.05) is 103 Å². The first-order chi connectivity index (χ1) is 31.5. The molecule has 0 radical (unpaired) electrons. The number of anilines is 2. The summed E-state index contributed by atoms with van der Waals surface area (Å²) < 4.78 is 11.7. The van der Waals surface area contributed by atoms with Crippen molar-refractivity contribution in [2.24, 2.45) is 0 Å². The van der Waals surface area contributed by atoms with Gasteiger partial charge in [0.05, 0.1) is 11.5 Å². The lowest BCUT2D eigenvalue weighted by Crippen LogP contribution is -2.51. The fraction of sp³-hybridized carbons (Fsp3) is 0.346. The highest BCUT2D eigenvalue weighted by atomic mass is 32.2. The van der Waals surface area contributed by atoms with Gasteiger partial charge in [-0.15, -0.1) is 11.8 Å². The molecule has 65 heavy (non-hydrogen) atoms. The van der Waals surface area contributed by atoms with Gasteiger partial charge >= 0.3 is 0 Å². The molecular weight excluding hydrogens is 871 g/mol. The minimum Gasteiger partial charge on any atom is -0.355 e. The zero-order valence-electron chi connectivity index (χ0n) is 37.8. The predicted molar refractivity (Wildman–Crippen MR) is 273 cm³/mol. The van der Waals surface area contributed by atoms with Crippen LogP contribution >= 0.6 is 23.5 Å². The number of hydrogen-bond acceptors (Lipinski definition) is 8. The summed E-state index contributed by atoms with van der Waals surface area (Å²) in [6.45, 7) is 1.36. The maximum Gasteiger partial charge on any atom is 0.231 e. The summed E-state index contributed by atoms with van der Waals surface area (Å²) in [5.74, 6) is 1.72. The molecule has 5 aromatic rings. The smallest absolute Gasteiger partial charge is 0.231 e. The highest BCUT2D eigenvalue weighted by molar-refractivity contribution is 8.00. The molecule has 5 aromatic carbocycles. The average molecular weight is 934 g/mol. The van der Waals surface area contributed by atoms with Crippen molar-refractivity contribution in [3.05, 3.63) is 139 Å². The van der Waals surface area contributed by atoms with E-state index in [2.05, 4.69) is 20.9 Å². The minimum atomic E-state index is -1.02. The van der Waals surface area contributed by atoms with Crippen molar-refractivity contribution in [3.8, 4) is 22.3 Å². The second-order valence-corrected chi connectivity index (χ2v) is 19.6. The Balaban J connectivity index is 1.21. The molecule has 0 aliphatic heterocycles. The highest BCUT2D eigenvalue weighted by Crippen LogP contribution is 2.28. The minimum absolute atomic E-state index is 0.0324. The molecule has 0 saturated carbocycles. The largest absolute Gasteiger partial charge is 0.355 e. The number of benzene rings is 5. The van der Waals surface area contributed by atoms with Crippen LogP contribution in [0.4, 0.5) is 11.4 Å². The van der Waals surface area contributed by atoms with E-state index < -0.39 is 17.0 Å². The van der Waals surface area contributed by atoms with Gasteiger partial charge in [0.15, 0.2) is 0 Å². The normalized spacial score (nSPS) is 12.0. The van der Waals surface area contributed by atoms with E-state index in [0.717, 1.165) is 63.5 Å². The molecule has 0 aromatic heterocycles. The SMILES string of the molecule is CN(C)CCSCC(=O)N[C@H](CCCCC(=O)Nc1cccc(-c2ccccc2)c1)N(C(=O)CCCCCNC(=O)CSCc1ccc(S(C)=O)cc1)c1cccc(-c2ccccc2)c1. The third kappa shape index (κ3) is 18.3. The molecule has 2 atom stereocenters. The van der Waals surface area contributed by atoms with E-state index in [-0.39, 0.29) is 35.8 Å². The summed E-state index contributed by atoms with van der Waals surface area (Å²) in [6, 6.07) is 43.4. The fourth-order valence-corrected chi connectivity index (χ4v) is 9.38. The zero-order valence-corrected chi connectivity index (χ0v) is 40.3. The number of unbranched alkanes of at least 4 members (excludes halogenated alkanes) is 3. The van der Waals surface area contributed by atoms with Crippen LogP contribution in [0.1, 0.15) is 56.9 Å². The van der Waals surface area contributed by atoms with E-state index in [9.17, 15) is 23.4 Å². The van der Waals surface area contributed by atoms with Crippen LogP contribution in [0.2, 0.25) is 0 Å². The number of carbonyl (C=O) groups is 4. The van der Waals surface area contributed by atoms with Crippen molar-refractivity contribution in [2.45, 2.75) is 68.2 Å². The number of carbonyl (C=O) groups excluding carboxylic acids is 4. The Morgan fingerprint density at radius 2 is 1.26 bits per heavy atom. The molecule has 0 fully saturated rings. The molecule has 344 valence electrons. The van der Waals surface area contributed by atoms with E-state index in [1.807, 2.05) is 148 Å². The van der Waals surface area contributed by atoms with E-state index in [1.165, 1.54) is 11.8 Å². The zero-order chi connectivity index (χ0) is 46.2. The molecule has 0 bridgehead atoms. The molecule has 4 amide bonds. The molecule has 0 heterocycles. The summed E-state index contributed by atoms with van der Waals surface area (Å²) in [5.41, 5.74) is 6.57. The van der Waals surface area contributed by atoms with E-state index >= 15 is 0 Å². The van der Waals surface area contributed by atoms with Crippen molar-refractivity contribution < 1.29 is 23.4 Å². The summed E-state index contributed by atoms with van der Waals surface area (Å²) in [6.07, 6.45) is 5.29. The number of hydrogen-bond donors (Lipinski definition) is 3. The monoisotopic (exact) mass is 933 g/mol. The summed E-state index contributed by atoms with van der Waals surface area (Å²) in [7, 11) is 2.99. The molecule has 1 unspecified atom stereocenters. The fourth-order valence-electron chi connectivity index (χ4n) is 7.14. The molecule has 5 rings (SSSR count). The first kappa shape index (κ1) is 50.8. The molecule has 3 N–H and O–H groups in total. The van der Waals surface area contributed by atoms with Crippen LogP contribution in [-0.2, 0) is 35.7 Å². The van der Waals surface area contributed by atoms with Crippen molar-refractivity contribution in [3.63, 3.8) is 0 Å². The van der Waals surface area contributed by atoms with Gasteiger partial charge in [-0.3, -0.25) is 28.3 Å². The van der Waals surface area contributed by atoms with Gasteiger partial charge in [0.1, 0.15) is 6.17 Å². The number of nitrogens with one attached hydrogen (secondary N) is 3. The molecule has 10 nitrogen and oxygen atoms in total. The molecule has 0 aliphatic rings. The van der Waals surface area contributed by atoms with Crippen LogP contribution in [0, 0.1) is 0 Å². The predicted octanol–water partition coefficient (Wildman–Crippen LogP) is 9.64. The molecule has 0 saturated heterocycles. The Bertz CT molecular complexity index is 2280. The molecular formula is C52H63N5O5S3. The van der Waals surface area contributed by atoms with Gasteiger partial charge in [0.25, 0.3) is 0 Å². The van der Waals surface area contributed by atoms with E-state index in [0.29, 0.717) is 55.8 Å². The van der Waals surface area contributed by atoms with Crippen molar-refractivity contribution in [2.75, 3.05) is 60.9 Å². The maximum atomic E-state index is 14.5. The lowest BCUT2D eigenvalue weighted by molar-refractivity contribution is -0.122. The van der Waals surface area contributed by atoms with Gasteiger partial charge in [0, 0.05) is 70.8 Å².